The summed E-state index contributed by atoms with van der Waals surface area (Å²) in [5.41, 5.74) is 3.34. The number of morpholine rings is 1. The Balaban J connectivity index is 1.47. The molecule has 214 valence electrons. The van der Waals surface area contributed by atoms with Gasteiger partial charge in [0.05, 0.1) is 40.6 Å². The number of hydrogen-bond acceptors (Lipinski definition) is 6. The fourth-order valence-electron chi connectivity index (χ4n) is 5.17. The number of carbonyl (C=O) groups excluding carboxylic acids is 1. The lowest BCUT2D eigenvalue weighted by Crippen LogP contribution is -2.36. The Morgan fingerprint density at radius 3 is 2.41 bits per heavy atom. The first-order chi connectivity index (χ1) is 19.7. The first-order valence-electron chi connectivity index (χ1n) is 13.4. The van der Waals surface area contributed by atoms with Crippen LogP contribution in [0.3, 0.4) is 0 Å². The molecule has 1 amide bonds. The smallest absolute Gasteiger partial charge is 0.305 e. The van der Waals surface area contributed by atoms with Crippen LogP contribution in [-0.2, 0) is 20.9 Å². The number of anilines is 1. The maximum atomic E-state index is 13.5. The monoisotopic (exact) mass is 597 g/mol. The van der Waals surface area contributed by atoms with Crippen molar-refractivity contribution >= 4 is 46.5 Å². The molecule has 1 saturated carbocycles. The number of hydrogen-bond donors (Lipinski definition) is 1. The number of rotatable bonds is 10. The number of carbonyl (C=O) groups is 2. The van der Waals surface area contributed by atoms with Crippen LogP contribution in [0.25, 0.3) is 11.1 Å². The summed E-state index contributed by atoms with van der Waals surface area (Å²) < 4.78 is 5.39. The molecule has 1 unspecified atom stereocenters. The van der Waals surface area contributed by atoms with Crippen molar-refractivity contribution in [1.29, 1.82) is 0 Å². The number of ether oxygens (including phenoxy) is 1. The topological polar surface area (TPSA) is 113 Å². The first-order valence-corrected chi connectivity index (χ1v) is 14.1. The van der Waals surface area contributed by atoms with Crippen molar-refractivity contribution in [2.75, 3.05) is 31.2 Å². The number of aliphatic carboxylic acids is 1. The molecule has 0 radical (unpaired) electrons. The molecule has 9 nitrogen and oxygen atoms in total. The third-order valence-corrected chi connectivity index (χ3v) is 8.16. The first kappa shape index (κ1) is 28.9. The van der Waals surface area contributed by atoms with Gasteiger partial charge in [0.2, 0.25) is 5.91 Å². The van der Waals surface area contributed by atoms with Gasteiger partial charge in [0.25, 0.3) is 5.69 Å². The number of nitro groups is 1. The molecule has 0 spiro atoms. The van der Waals surface area contributed by atoms with Crippen LogP contribution in [0.1, 0.15) is 36.4 Å². The van der Waals surface area contributed by atoms with Crippen molar-refractivity contribution in [1.82, 2.24) is 4.90 Å². The van der Waals surface area contributed by atoms with E-state index in [4.69, 9.17) is 27.9 Å². The molecule has 41 heavy (non-hydrogen) atoms. The molecule has 3 aromatic rings. The predicted molar refractivity (Wildman–Crippen MR) is 156 cm³/mol. The molecule has 2 fully saturated rings. The molecule has 1 aliphatic carbocycles. The Hall–Kier alpha value is -3.66. The molecular formula is C30H29Cl2N3O6. The molecule has 1 saturated heterocycles. The van der Waals surface area contributed by atoms with E-state index in [-0.39, 0.29) is 40.4 Å². The summed E-state index contributed by atoms with van der Waals surface area (Å²) in [4.78, 5) is 40.6. The van der Waals surface area contributed by atoms with Crippen LogP contribution in [0.15, 0.2) is 60.7 Å². The van der Waals surface area contributed by atoms with Gasteiger partial charge in [-0.2, -0.15) is 0 Å². The van der Waals surface area contributed by atoms with Gasteiger partial charge in [-0.3, -0.25) is 19.7 Å². The summed E-state index contributed by atoms with van der Waals surface area (Å²) in [6.45, 7) is 2.35. The Kier molecular flexibility index (Phi) is 8.77. The van der Waals surface area contributed by atoms with E-state index in [1.165, 1.54) is 0 Å². The largest absolute Gasteiger partial charge is 0.481 e. The summed E-state index contributed by atoms with van der Waals surface area (Å²) in [5, 5.41) is 22.3. The Labute approximate surface area is 247 Å². The third-order valence-electron chi connectivity index (χ3n) is 7.42. The van der Waals surface area contributed by atoms with Gasteiger partial charge in [-0.1, -0.05) is 53.5 Å². The van der Waals surface area contributed by atoms with Gasteiger partial charge in [-0.25, -0.2) is 0 Å². The van der Waals surface area contributed by atoms with Crippen molar-refractivity contribution < 1.29 is 24.4 Å². The molecule has 2 aliphatic rings. The van der Waals surface area contributed by atoms with Gasteiger partial charge in [-0.05, 0) is 59.4 Å². The van der Waals surface area contributed by atoms with E-state index in [9.17, 15) is 24.8 Å². The molecule has 0 bridgehead atoms. The number of nitrogens with zero attached hydrogens (tertiary/aromatic N) is 3. The number of amides is 1. The van der Waals surface area contributed by atoms with E-state index < -0.39 is 12.0 Å². The van der Waals surface area contributed by atoms with E-state index in [0.717, 1.165) is 24.0 Å². The SMILES string of the molecule is O=C(O)CC(c1ccc(Cl)c(Cl)c1)N(Cc1cccc(-c2ccc(N3CCOCC3)c([N+](=O)[O-])c2)c1)C(=O)C1CC1. The highest BCUT2D eigenvalue weighted by Crippen LogP contribution is 2.38. The van der Waals surface area contributed by atoms with Crippen LogP contribution in [0.4, 0.5) is 11.4 Å². The zero-order chi connectivity index (χ0) is 29.1. The molecule has 1 aliphatic heterocycles. The summed E-state index contributed by atoms with van der Waals surface area (Å²) in [6.07, 6.45) is 1.22. The highest BCUT2D eigenvalue weighted by molar-refractivity contribution is 6.42. The number of carboxylic acid groups (broad SMARTS) is 1. The van der Waals surface area contributed by atoms with Crippen molar-refractivity contribution in [2.45, 2.75) is 31.8 Å². The van der Waals surface area contributed by atoms with Gasteiger partial charge in [0.1, 0.15) is 5.69 Å². The molecule has 0 aromatic heterocycles. The average molecular weight is 598 g/mol. The van der Waals surface area contributed by atoms with Gasteiger partial charge in [0.15, 0.2) is 0 Å². The highest BCUT2D eigenvalue weighted by atomic mass is 35.5. The Morgan fingerprint density at radius 2 is 1.76 bits per heavy atom. The second-order valence-electron chi connectivity index (χ2n) is 10.3. The Bertz CT molecular complexity index is 1470. The normalized spacial score (nSPS) is 15.8. The highest BCUT2D eigenvalue weighted by Gasteiger charge is 2.37. The summed E-state index contributed by atoms with van der Waals surface area (Å²) in [6, 6.07) is 16.8. The predicted octanol–water partition coefficient (Wildman–Crippen LogP) is 6.36. The van der Waals surface area contributed by atoms with Gasteiger partial charge in [-0.15, -0.1) is 0 Å². The van der Waals surface area contributed by atoms with Crippen molar-refractivity contribution in [3.8, 4) is 11.1 Å². The molecule has 5 rings (SSSR count). The minimum absolute atomic E-state index is 0.0153. The Morgan fingerprint density at radius 1 is 1.02 bits per heavy atom. The van der Waals surface area contributed by atoms with Crippen molar-refractivity contribution in [3.63, 3.8) is 0 Å². The maximum Gasteiger partial charge on any atom is 0.305 e. The lowest BCUT2D eigenvalue weighted by molar-refractivity contribution is -0.384. The fraction of sp³-hybridized carbons (Fsp3) is 0.333. The summed E-state index contributed by atoms with van der Waals surface area (Å²) >= 11 is 12.4. The molecule has 1 heterocycles. The zero-order valence-corrected chi connectivity index (χ0v) is 23.7. The van der Waals surface area contributed by atoms with Gasteiger partial charge < -0.3 is 19.6 Å². The number of benzene rings is 3. The lowest BCUT2D eigenvalue weighted by Gasteiger charge is -2.32. The minimum Gasteiger partial charge on any atom is -0.481 e. The maximum absolute atomic E-state index is 13.5. The molecule has 11 heteroatoms. The van der Waals surface area contributed by atoms with E-state index in [1.807, 2.05) is 35.2 Å². The van der Waals surface area contributed by atoms with Crippen LogP contribution in [0.5, 0.6) is 0 Å². The quantitative estimate of drug-likeness (QED) is 0.213. The van der Waals surface area contributed by atoms with Crippen LogP contribution < -0.4 is 4.90 Å². The van der Waals surface area contributed by atoms with Gasteiger partial charge in [0, 0.05) is 31.6 Å². The third kappa shape index (κ3) is 6.81. The van der Waals surface area contributed by atoms with Crippen LogP contribution in [0.2, 0.25) is 10.0 Å². The second-order valence-corrected chi connectivity index (χ2v) is 11.1. The zero-order valence-electron chi connectivity index (χ0n) is 22.2. The van der Waals surface area contributed by atoms with Crippen molar-refractivity contribution in [2.24, 2.45) is 5.92 Å². The van der Waals surface area contributed by atoms with E-state index in [2.05, 4.69) is 0 Å². The minimum atomic E-state index is -1.05. The van der Waals surface area contributed by atoms with E-state index in [1.54, 1.807) is 35.2 Å². The van der Waals surface area contributed by atoms with E-state index >= 15 is 0 Å². The molecule has 1 atom stereocenters. The number of carboxylic acids is 1. The van der Waals surface area contributed by atoms with Crippen LogP contribution >= 0.6 is 23.2 Å². The second kappa shape index (κ2) is 12.5. The van der Waals surface area contributed by atoms with Gasteiger partial charge >= 0.3 is 5.97 Å². The standard InChI is InChI=1S/C30H29Cl2N3O6/c31-24-8-6-23(15-25(24)32)27(17-29(36)37)34(30(38)20-4-5-20)18-19-2-1-3-21(14-19)22-7-9-26(28(16-22)35(39)40)33-10-12-41-13-11-33/h1-3,6-9,14-16,20,27H,4-5,10-13,17-18H2,(H,36,37). The number of nitro benzene ring substituents is 1. The molecule has 1 N–H and O–H groups in total. The fourth-order valence-corrected chi connectivity index (χ4v) is 5.47. The lowest BCUT2D eigenvalue weighted by atomic mass is 9.98. The van der Waals surface area contributed by atoms with Crippen LogP contribution in [0, 0.1) is 16.0 Å². The average Bonchev–Trinajstić information content (AvgIpc) is 3.82. The molecule has 3 aromatic carbocycles. The van der Waals surface area contributed by atoms with Crippen molar-refractivity contribution in [3.05, 3.63) is 92.0 Å². The van der Waals surface area contributed by atoms with E-state index in [0.29, 0.717) is 48.1 Å². The summed E-state index contributed by atoms with van der Waals surface area (Å²) in [5.74, 6) is -1.30. The summed E-state index contributed by atoms with van der Waals surface area (Å²) in [7, 11) is 0. The number of halogens is 2. The van der Waals surface area contributed by atoms with Crippen LogP contribution in [-0.4, -0.2) is 53.1 Å². The molecular weight excluding hydrogens is 569 g/mol.